The predicted molar refractivity (Wildman–Crippen MR) is 123 cm³/mol. The van der Waals surface area contributed by atoms with Gasteiger partial charge in [0.25, 0.3) is 5.69 Å². The molecule has 3 rings (SSSR count). The van der Waals surface area contributed by atoms with Crippen LogP contribution in [0.5, 0.6) is 0 Å². The van der Waals surface area contributed by atoms with Crippen LogP contribution in [0.3, 0.4) is 0 Å². The number of nitro groups is 1. The van der Waals surface area contributed by atoms with Gasteiger partial charge in [0.2, 0.25) is 0 Å². The van der Waals surface area contributed by atoms with Crippen molar-refractivity contribution >= 4 is 23.7 Å². The van der Waals surface area contributed by atoms with Gasteiger partial charge in [0, 0.05) is 19.2 Å². The third kappa shape index (κ3) is 6.94. The lowest BCUT2D eigenvalue weighted by Crippen LogP contribution is -2.49. The molecule has 0 saturated carbocycles. The Kier molecular flexibility index (Phi) is 8.11. The molecule has 1 saturated heterocycles. The molecule has 0 aromatic heterocycles. The van der Waals surface area contributed by atoms with Crippen LogP contribution < -0.4 is 0 Å². The molecule has 1 fully saturated rings. The van der Waals surface area contributed by atoms with Gasteiger partial charge in [0.1, 0.15) is 10.5 Å². The van der Waals surface area contributed by atoms with Crippen LogP contribution in [0.4, 0.5) is 10.5 Å². The largest absolute Gasteiger partial charge is 0.444 e. The standard InChI is InChI=1S/C23H29N3O5S/c1-23(2,3)31-22(27)24-15-9-12-19(16-24)26(30-17-18-10-5-4-6-11-18)32-21-14-8-7-13-20(21)25(28)29/h4-8,10-11,13-14,19H,9,12,15-17H2,1-3H3. The first-order valence-corrected chi connectivity index (χ1v) is 11.4. The molecule has 1 aliphatic heterocycles. The number of likely N-dealkylation sites (tertiary alicyclic amines) is 1. The van der Waals surface area contributed by atoms with Crippen molar-refractivity contribution < 1.29 is 19.3 Å². The molecule has 1 aliphatic rings. The van der Waals surface area contributed by atoms with Crippen LogP contribution in [0.15, 0.2) is 59.5 Å². The van der Waals surface area contributed by atoms with Crippen molar-refractivity contribution in [1.82, 2.24) is 9.37 Å². The number of piperidine rings is 1. The van der Waals surface area contributed by atoms with E-state index in [1.165, 1.54) is 18.0 Å². The van der Waals surface area contributed by atoms with Crippen LogP contribution >= 0.6 is 11.9 Å². The first-order valence-electron chi connectivity index (χ1n) is 10.6. The van der Waals surface area contributed by atoms with E-state index in [9.17, 15) is 14.9 Å². The van der Waals surface area contributed by atoms with E-state index in [1.807, 2.05) is 51.1 Å². The molecule has 1 unspecified atom stereocenters. The Hall–Kier alpha value is -2.62. The smallest absolute Gasteiger partial charge is 0.410 e. The van der Waals surface area contributed by atoms with Crippen molar-refractivity contribution in [2.45, 2.75) is 56.8 Å². The molecule has 0 N–H and O–H groups in total. The first-order chi connectivity index (χ1) is 15.2. The Bertz CT molecular complexity index is 919. The Morgan fingerprint density at radius 1 is 1.19 bits per heavy atom. The summed E-state index contributed by atoms with van der Waals surface area (Å²) in [6.45, 7) is 6.85. The molecular weight excluding hydrogens is 430 g/mol. The minimum absolute atomic E-state index is 0.0191. The quantitative estimate of drug-likeness (QED) is 0.310. The fraction of sp³-hybridized carbons (Fsp3) is 0.435. The summed E-state index contributed by atoms with van der Waals surface area (Å²) in [5, 5.41) is 11.5. The minimum atomic E-state index is -0.576. The summed E-state index contributed by atoms with van der Waals surface area (Å²) < 4.78 is 7.24. The highest BCUT2D eigenvalue weighted by atomic mass is 32.2. The van der Waals surface area contributed by atoms with E-state index in [2.05, 4.69) is 0 Å². The van der Waals surface area contributed by atoms with E-state index >= 15 is 0 Å². The fourth-order valence-electron chi connectivity index (χ4n) is 3.32. The van der Waals surface area contributed by atoms with Gasteiger partial charge < -0.3 is 9.64 Å². The van der Waals surface area contributed by atoms with Gasteiger partial charge in [0.05, 0.1) is 17.6 Å². The predicted octanol–water partition coefficient (Wildman–Crippen LogP) is 5.44. The summed E-state index contributed by atoms with van der Waals surface area (Å²) in [4.78, 5) is 32.0. The average molecular weight is 460 g/mol. The lowest BCUT2D eigenvalue weighted by molar-refractivity contribution is -0.387. The molecule has 1 amide bonds. The lowest BCUT2D eigenvalue weighted by Gasteiger charge is -2.38. The fourth-order valence-corrected chi connectivity index (χ4v) is 4.32. The van der Waals surface area contributed by atoms with Crippen molar-refractivity contribution in [2.75, 3.05) is 13.1 Å². The maximum absolute atomic E-state index is 12.6. The summed E-state index contributed by atoms with van der Waals surface area (Å²) in [6.07, 6.45) is 1.22. The number of hydrogen-bond donors (Lipinski definition) is 0. The number of rotatable bonds is 7. The first kappa shape index (κ1) is 24.0. The van der Waals surface area contributed by atoms with Crippen molar-refractivity contribution in [1.29, 1.82) is 0 Å². The van der Waals surface area contributed by atoms with Crippen molar-refractivity contribution in [2.24, 2.45) is 0 Å². The normalized spacial score (nSPS) is 16.8. The van der Waals surface area contributed by atoms with Gasteiger partial charge >= 0.3 is 6.09 Å². The number of nitro benzene ring substituents is 1. The summed E-state index contributed by atoms with van der Waals surface area (Å²) in [5.74, 6) is 0. The van der Waals surface area contributed by atoms with E-state index in [0.29, 0.717) is 24.6 Å². The SMILES string of the molecule is CC(C)(C)OC(=O)N1CCCC(N(OCc2ccccc2)Sc2ccccc2[N+](=O)[O-])C1. The molecular formula is C23H29N3O5S. The number of amides is 1. The third-order valence-corrected chi connectivity index (χ3v) is 5.92. The van der Waals surface area contributed by atoms with Gasteiger partial charge in [-0.1, -0.05) is 42.5 Å². The summed E-state index contributed by atoms with van der Waals surface area (Å²) in [5.41, 5.74) is 0.429. The number of para-hydroxylation sites is 1. The van der Waals surface area contributed by atoms with Gasteiger partial charge in [-0.05, 0) is 57.2 Å². The summed E-state index contributed by atoms with van der Waals surface area (Å²) in [7, 11) is 0. The number of carbonyl (C=O) groups excluding carboxylic acids is 1. The molecule has 2 aromatic rings. The molecule has 2 aromatic carbocycles. The average Bonchev–Trinajstić information content (AvgIpc) is 2.76. The number of carbonyl (C=O) groups is 1. The van der Waals surface area contributed by atoms with Gasteiger partial charge in [-0.3, -0.25) is 15.0 Å². The molecule has 9 heteroatoms. The lowest BCUT2D eigenvalue weighted by atomic mass is 10.1. The second kappa shape index (κ2) is 10.8. The molecule has 0 aliphatic carbocycles. The number of hydroxylamine groups is 1. The van der Waals surface area contributed by atoms with E-state index < -0.39 is 10.5 Å². The van der Waals surface area contributed by atoms with Crippen molar-refractivity contribution in [3.8, 4) is 0 Å². The van der Waals surface area contributed by atoms with Crippen molar-refractivity contribution in [3.05, 3.63) is 70.3 Å². The van der Waals surface area contributed by atoms with Crippen LogP contribution in [-0.4, -0.2) is 45.1 Å². The van der Waals surface area contributed by atoms with E-state index in [0.717, 1.165) is 18.4 Å². The molecule has 0 radical (unpaired) electrons. The van der Waals surface area contributed by atoms with E-state index in [4.69, 9.17) is 9.57 Å². The molecule has 32 heavy (non-hydrogen) atoms. The molecule has 0 bridgehead atoms. The van der Waals surface area contributed by atoms with Crippen LogP contribution in [0, 0.1) is 10.1 Å². The van der Waals surface area contributed by atoms with E-state index in [-0.39, 0.29) is 17.8 Å². The second-order valence-corrected chi connectivity index (χ2v) is 9.57. The molecule has 0 spiro atoms. The zero-order valence-corrected chi connectivity index (χ0v) is 19.4. The highest BCUT2D eigenvalue weighted by Gasteiger charge is 2.33. The molecule has 172 valence electrons. The van der Waals surface area contributed by atoms with E-state index in [1.54, 1.807) is 27.6 Å². The van der Waals surface area contributed by atoms with Gasteiger partial charge in [-0.2, -0.15) is 0 Å². The molecule has 1 atom stereocenters. The maximum Gasteiger partial charge on any atom is 0.410 e. The second-order valence-electron chi connectivity index (χ2n) is 8.58. The number of ether oxygens (including phenoxy) is 1. The van der Waals surface area contributed by atoms with Crippen LogP contribution in [0.25, 0.3) is 0 Å². The van der Waals surface area contributed by atoms with Gasteiger partial charge in [0.15, 0.2) is 0 Å². The van der Waals surface area contributed by atoms with Crippen molar-refractivity contribution in [3.63, 3.8) is 0 Å². The Morgan fingerprint density at radius 2 is 1.88 bits per heavy atom. The number of benzene rings is 2. The zero-order valence-electron chi connectivity index (χ0n) is 18.6. The summed E-state index contributed by atoms with van der Waals surface area (Å²) in [6, 6.07) is 16.2. The molecule has 1 heterocycles. The maximum atomic E-state index is 12.6. The Morgan fingerprint density at radius 3 is 2.56 bits per heavy atom. The van der Waals surface area contributed by atoms with Gasteiger partial charge in [-0.15, -0.1) is 4.47 Å². The number of hydrogen-bond acceptors (Lipinski definition) is 7. The van der Waals surface area contributed by atoms with Crippen LogP contribution in [-0.2, 0) is 16.2 Å². The number of nitrogens with zero attached hydrogens (tertiary/aromatic N) is 3. The Labute approximate surface area is 192 Å². The monoisotopic (exact) mass is 459 g/mol. The van der Waals surface area contributed by atoms with Crippen LogP contribution in [0.2, 0.25) is 0 Å². The Balaban J connectivity index is 1.78. The minimum Gasteiger partial charge on any atom is -0.444 e. The third-order valence-electron chi connectivity index (χ3n) is 4.80. The topological polar surface area (TPSA) is 85.2 Å². The van der Waals surface area contributed by atoms with Crippen LogP contribution in [0.1, 0.15) is 39.2 Å². The van der Waals surface area contributed by atoms with Gasteiger partial charge in [-0.25, -0.2) is 4.79 Å². The zero-order chi connectivity index (χ0) is 23.1. The molecule has 8 nitrogen and oxygen atoms in total. The highest BCUT2D eigenvalue weighted by Crippen LogP contribution is 2.35. The highest BCUT2D eigenvalue weighted by molar-refractivity contribution is 7.97. The summed E-state index contributed by atoms with van der Waals surface area (Å²) >= 11 is 1.19.